The van der Waals surface area contributed by atoms with Gasteiger partial charge in [0.2, 0.25) is 0 Å². The number of hydrogen-bond acceptors (Lipinski definition) is 3. The monoisotopic (exact) mass is 287 g/mol. The van der Waals surface area contributed by atoms with E-state index >= 15 is 0 Å². The van der Waals surface area contributed by atoms with Crippen LogP contribution < -0.4 is 4.90 Å². The quantitative estimate of drug-likeness (QED) is 0.884. The van der Waals surface area contributed by atoms with E-state index in [-0.39, 0.29) is 6.10 Å². The molecule has 0 fully saturated rings. The van der Waals surface area contributed by atoms with Gasteiger partial charge in [-0.2, -0.15) is 0 Å². The third-order valence-corrected chi connectivity index (χ3v) is 3.42. The number of carbonyl (C=O) groups is 1. The Hall–Kier alpha value is -2.07. The maximum Gasteiger partial charge on any atom is 0.336 e. The van der Waals surface area contributed by atoms with Crippen LogP contribution in [0.4, 0.5) is 5.69 Å². The van der Waals surface area contributed by atoms with E-state index in [9.17, 15) is 9.90 Å². The van der Waals surface area contributed by atoms with Gasteiger partial charge in [-0.05, 0) is 31.4 Å². The van der Waals surface area contributed by atoms with Crippen molar-refractivity contribution in [3.63, 3.8) is 0 Å². The predicted molar refractivity (Wildman–Crippen MR) is 85.3 cm³/mol. The summed E-state index contributed by atoms with van der Waals surface area (Å²) in [4.78, 5) is 13.4. The Balaban J connectivity index is 2.32. The van der Waals surface area contributed by atoms with Crippen LogP contribution in [0.15, 0.2) is 36.4 Å². The zero-order valence-electron chi connectivity index (χ0n) is 12.7. The van der Waals surface area contributed by atoms with Crippen LogP contribution in [0.2, 0.25) is 0 Å². The second-order valence-electron chi connectivity index (χ2n) is 5.32. The molecule has 0 aliphatic heterocycles. The summed E-state index contributed by atoms with van der Waals surface area (Å²) in [7, 11) is 1.99. The Kier molecular flexibility index (Phi) is 4.81. The van der Waals surface area contributed by atoms with E-state index < -0.39 is 5.97 Å². The van der Waals surface area contributed by atoms with Crippen LogP contribution in [0.1, 0.15) is 24.2 Å². The number of benzene rings is 2. The number of carboxylic acid groups (broad SMARTS) is 1. The molecule has 0 spiro atoms. The molecule has 0 bridgehead atoms. The SMILES string of the molecule is CC(C)OCCN(C)c1ccc(C(=O)O)c2ccccc12. The molecule has 4 nitrogen and oxygen atoms in total. The molecule has 0 aliphatic rings. The molecule has 2 aromatic rings. The number of nitrogens with zero attached hydrogens (tertiary/aromatic N) is 1. The Bertz CT molecular complexity index is 637. The lowest BCUT2D eigenvalue weighted by molar-refractivity contribution is 0.0699. The molecule has 4 heteroatoms. The van der Waals surface area contributed by atoms with Gasteiger partial charge in [0.1, 0.15) is 0 Å². The minimum absolute atomic E-state index is 0.213. The highest BCUT2D eigenvalue weighted by Gasteiger charge is 2.13. The van der Waals surface area contributed by atoms with E-state index in [2.05, 4.69) is 4.90 Å². The van der Waals surface area contributed by atoms with Crippen LogP contribution in [0.3, 0.4) is 0 Å². The van der Waals surface area contributed by atoms with Crippen molar-refractivity contribution in [2.45, 2.75) is 20.0 Å². The summed E-state index contributed by atoms with van der Waals surface area (Å²) in [5.74, 6) is -0.899. The van der Waals surface area contributed by atoms with Gasteiger partial charge in [0.05, 0.1) is 18.3 Å². The number of fused-ring (bicyclic) bond motifs is 1. The highest BCUT2D eigenvalue weighted by Crippen LogP contribution is 2.28. The molecular weight excluding hydrogens is 266 g/mol. The molecule has 0 unspecified atom stereocenters. The highest BCUT2D eigenvalue weighted by atomic mass is 16.5. The molecule has 2 aromatic carbocycles. The molecular formula is C17H21NO3. The molecule has 0 radical (unpaired) electrons. The molecule has 0 heterocycles. The maximum absolute atomic E-state index is 11.3. The molecule has 0 atom stereocenters. The van der Waals surface area contributed by atoms with Gasteiger partial charge in [0, 0.05) is 24.7 Å². The minimum atomic E-state index is -0.899. The lowest BCUT2D eigenvalue weighted by atomic mass is 10.0. The van der Waals surface area contributed by atoms with Crippen molar-refractivity contribution in [2.75, 3.05) is 25.1 Å². The molecule has 0 aromatic heterocycles. The fraction of sp³-hybridized carbons (Fsp3) is 0.353. The standard InChI is InChI=1S/C17H21NO3/c1-12(2)21-11-10-18(3)16-9-8-15(17(19)20)13-6-4-5-7-14(13)16/h4-9,12H,10-11H2,1-3H3,(H,19,20). The van der Waals surface area contributed by atoms with Gasteiger partial charge in [-0.1, -0.05) is 24.3 Å². The number of carboxylic acids is 1. The minimum Gasteiger partial charge on any atom is -0.478 e. The average molecular weight is 287 g/mol. The van der Waals surface area contributed by atoms with Crippen molar-refractivity contribution >= 4 is 22.4 Å². The summed E-state index contributed by atoms with van der Waals surface area (Å²) >= 11 is 0. The summed E-state index contributed by atoms with van der Waals surface area (Å²) in [5, 5.41) is 11.0. The summed E-state index contributed by atoms with van der Waals surface area (Å²) < 4.78 is 5.57. The number of anilines is 1. The summed E-state index contributed by atoms with van der Waals surface area (Å²) in [5.41, 5.74) is 1.35. The average Bonchev–Trinajstić information content (AvgIpc) is 2.45. The van der Waals surface area contributed by atoms with Crippen molar-refractivity contribution in [1.29, 1.82) is 0 Å². The molecule has 112 valence electrons. The maximum atomic E-state index is 11.3. The van der Waals surface area contributed by atoms with E-state index in [0.717, 1.165) is 23.0 Å². The van der Waals surface area contributed by atoms with E-state index in [1.807, 2.05) is 51.2 Å². The fourth-order valence-corrected chi connectivity index (χ4v) is 2.35. The van der Waals surface area contributed by atoms with Gasteiger partial charge in [0.15, 0.2) is 0 Å². The zero-order valence-corrected chi connectivity index (χ0v) is 12.7. The third-order valence-electron chi connectivity index (χ3n) is 3.42. The number of ether oxygens (including phenoxy) is 1. The third kappa shape index (κ3) is 3.52. The van der Waals surface area contributed by atoms with Gasteiger partial charge in [0.25, 0.3) is 0 Å². The van der Waals surface area contributed by atoms with Crippen molar-refractivity contribution in [2.24, 2.45) is 0 Å². The zero-order chi connectivity index (χ0) is 15.4. The Morgan fingerprint density at radius 3 is 2.48 bits per heavy atom. The number of hydrogen-bond donors (Lipinski definition) is 1. The largest absolute Gasteiger partial charge is 0.478 e. The van der Waals surface area contributed by atoms with Gasteiger partial charge >= 0.3 is 5.97 Å². The molecule has 0 saturated carbocycles. The summed E-state index contributed by atoms with van der Waals surface area (Å²) in [6.45, 7) is 5.42. The number of rotatable bonds is 6. The van der Waals surface area contributed by atoms with Crippen molar-refractivity contribution in [1.82, 2.24) is 0 Å². The Morgan fingerprint density at radius 2 is 1.86 bits per heavy atom. The predicted octanol–water partition coefficient (Wildman–Crippen LogP) is 3.40. The first-order valence-corrected chi connectivity index (χ1v) is 7.08. The van der Waals surface area contributed by atoms with E-state index in [1.54, 1.807) is 6.07 Å². The van der Waals surface area contributed by atoms with Gasteiger partial charge in [-0.15, -0.1) is 0 Å². The fourth-order valence-electron chi connectivity index (χ4n) is 2.35. The van der Waals surface area contributed by atoms with Crippen LogP contribution in [0.25, 0.3) is 10.8 Å². The molecule has 21 heavy (non-hydrogen) atoms. The molecule has 0 amide bonds. The normalized spacial score (nSPS) is 11.0. The van der Waals surface area contributed by atoms with Crippen molar-refractivity contribution < 1.29 is 14.6 Å². The van der Waals surface area contributed by atoms with E-state index in [1.165, 1.54) is 0 Å². The van der Waals surface area contributed by atoms with Crippen LogP contribution in [-0.4, -0.2) is 37.4 Å². The lowest BCUT2D eigenvalue weighted by Gasteiger charge is -2.22. The Labute approximate surface area is 124 Å². The molecule has 0 saturated heterocycles. The van der Waals surface area contributed by atoms with Crippen molar-refractivity contribution in [3.8, 4) is 0 Å². The number of aromatic carboxylic acids is 1. The molecule has 0 aliphatic carbocycles. The van der Waals surface area contributed by atoms with Gasteiger partial charge in [-0.25, -0.2) is 4.79 Å². The molecule has 2 rings (SSSR count). The van der Waals surface area contributed by atoms with Crippen LogP contribution in [0.5, 0.6) is 0 Å². The van der Waals surface area contributed by atoms with Gasteiger partial charge < -0.3 is 14.7 Å². The first-order valence-electron chi connectivity index (χ1n) is 7.08. The van der Waals surface area contributed by atoms with Crippen molar-refractivity contribution in [3.05, 3.63) is 42.0 Å². The molecule has 1 N–H and O–H groups in total. The first kappa shape index (κ1) is 15.3. The van der Waals surface area contributed by atoms with Crippen LogP contribution in [-0.2, 0) is 4.74 Å². The van der Waals surface area contributed by atoms with Gasteiger partial charge in [-0.3, -0.25) is 0 Å². The Morgan fingerprint density at radius 1 is 1.19 bits per heavy atom. The summed E-state index contributed by atoms with van der Waals surface area (Å²) in [6.07, 6.45) is 0.213. The second-order valence-corrected chi connectivity index (χ2v) is 5.32. The van der Waals surface area contributed by atoms with Crippen LogP contribution in [0, 0.1) is 0 Å². The summed E-state index contributed by atoms with van der Waals surface area (Å²) in [6, 6.07) is 11.1. The smallest absolute Gasteiger partial charge is 0.336 e. The topological polar surface area (TPSA) is 49.8 Å². The van der Waals surface area contributed by atoms with E-state index in [0.29, 0.717) is 12.2 Å². The van der Waals surface area contributed by atoms with E-state index in [4.69, 9.17) is 4.74 Å². The number of likely N-dealkylation sites (N-methyl/N-ethyl adjacent to an activating group) is 1. The first-order chi connectivity index (χ1) is 10.0. The lowest BCUT2D eigenvalue weighted by Crippen LogP contribution is -2.24. The van der Waals surface area contributed by atoms with Crippen LogP contribution >= 0.6 is 0 Å². The highest BCUT2D eigenvalue weighted by molar-refractivity contribution is 6.07. The second kappa shape index (κ2) is 6.59.